The molecule has 0 amide bonds. The average molecular weight is 569 g/mol. The van der Waals surface area contributed by atoms with Crippen molar-refractivity contribution in [2.45, 2.75) is 51.8 Å². The second-order valence-electron chi connectivity index (χ2n) is 8.43. The van der Waals surface area contributed by atoms with E-state index in [1.54, 1.807) is 13.4 Å². The lowest BCUT2D eigenvalue weighted by molar-refractivity contribution is 0.169. The molecule has 0 radical (unpaired) electrons. The van der Waals surface area contributed by atoms with Gasteiger partial charge in [-0.15, -0.1) is 24.0 Å². The lowest BCUT2D eigenvalue weighted by atomic mass is 10.2. The van der Waals surface area contributed by atoms with Crippen LogP contribution < -0.4 is 14.8 Å². The average Bonchev–Trinajstić information content (AvgIpc) is 3.52. The minimum atomic E-state index is 0. The molecule has 2 heterocycles. The van der Waals surface area contributed by atoms with Crippen molar-refractivity contribution in [2.24, 2.45) is 4.99 Å². The number of benzene rings is 1. The summed E-state index contributed by atoms with van der Waals surface area (Å²) >= 11 is 0. The Labute approximate surface area is 213 Å². The summed E-state index contributed by atoms with van der Waals surface area (Å²) < 4.78 is 16.7. The molecule has 0 atom stereocenters. The molecule has 182 valence electrons. The zero-order chi connectivity index (χ0) is 22.2. The van der Waals surface area contributed by atoms with Gasteiger partial charge < -0.3 is 24.2 Å². The van der Waals surface area contributed by atoms with Crippen LogP contribution >= 0.6 is 24.0 Å². The molecule has 4 rings (SSSR count). The first kappa shape index (κ1) is 25.6. The number of ether oxygens (including phenoxy) is 2. The number of nitrogens with zero attached hydrogens (tertiary/aromatic N) is 4. The number of rotatable bonds is 8. The molecule has 1 aromatic heterocycles. The summed E-state index contributed by atoms with van der Waals surface area (Å²) in [5.74, 6) is 2.58. The zero-order valence-corrected chi connectivity index (χ0v) is 22.0. The Balaban J connectivity index is 0.00000306. The largest absolute Gasteiger partial charge is 0.493 e. The topological polar surface area (TPSA) is 75.4 Å². The van der Waals surface area contributed by atoms with Crippen molar-refractivity contribution in [3.8, 4) is 11.5 Å². The van der Waals surface area contributed by atoms with Crippen molar-refractivity contribution in [1.82, 2.24) is 20.3 Å². The molecule has 2 aliphatic rings. The Morgan fingerprint density at radius 2 is 1.94 bits per heavy atom. The molecular formula is C24H36IN5O3. The Kier molecular flexibility index (Phi) is 10.1. The van der Waals surface area contributed by atoms with Crippen molar-refractivity contribution in [2.75, 3.05) is 39.8 Å². The Hall–Kier alpha value is -2.01. The van der Waals surface area contributed by atoms with Gasteiger partial charge in [0.05, 0.1) is 25.5 Å². The molecule has 1 aliphatic carbocycles. The molecule has 2 aromatic rings. The van der Waals surface area contributed by atoms with Crippen LogP contribution in [0.3, 0.4) is 0 Å². The highest BCUT2D eigenvalue weighted by Crippen LogP contribution is 2.32. The van der Waals surface area contributed by atoms with Crippen LogP contribution in [0, 0.1) is 0 Å². The van der Waals surface area contributed by atoms with E-state index >= 15 is 0 Å². The van der Waals surface area contributed by atoms with Crippen LogP contribution in [0.4, 0.5) is 0 Å². The SMILES string of the molecule is CCNC(=NCc1ccc(OC2CCCC2)c(OC)c1)N1CCN(Cc2ccon2)CC1.I. The van der Waals surface area contributed by atoms with Crippen molar-refractivity contribution in [3.63, 3.8) is 0 Å². The fourth-order valence-corrected chi connectivity index (χ4v) is 4.35. The summed E-state index contributed by atoms with van der Waals surface area (Å²) in [4.78, 5) is 9.63. The maximum absolute atomic E-state index is 6.16. The number of hydrogen-bond acceptors (Lipinski definition) is 6. The van der Waals surface area contributed by atoms with E-state index in [1.165, 1.54) is 12.8 Å². The van der Waals surface area contributed by atoms with Gasteiger partial charge in [0, 0.05) is 45.3 Å². The van der Waals surface area contributed by atoms with E-state index < -0.39 is 0 Å². The van der Waals surface area contributed by atoms with Gasteiger partial charge in [-0.25, -0.2) is 4.99 Å². The van der Waals surface area contributed by atoms with Gasteiger partial charge in [0.1, 0.15) is 6.26 Å². The fourth-order valence-electron chi connectivity index (χ4n) is 4.35. The molecule has 1 saturated carbocycles. The molecular weight excluding hydrogens is 533 g/mol. The highest BCUT2D eigenvalue weighted by atomic mass is 127. The van der Waals surface area contributed by atoms with Gasteiger partial charge in [-0.05, 0) is 50.3 Å². The summed E-state index contributed by atoms with van der Waals surface area (Å²) in [5.41, 5.74) is 2.09. The van der Waals surface area contributed by atoms with Crippen LogP contribution in [0.5, 0.6) is 11.5 Å². The third kappa shape index (κ3) is 7.23. The van der Waals surface area contributed by atoms with E-state index in [0.717, 1.165) is 80.8 Å². The summed E-state index contributed by atoms with van der Waals surface area (Å²) in [7, 11) is 1.70. The highest BCUT2D eigenvalue weighted by molar-refractivity contribution is 14.0. The van der Waals surface area contributed by atoms with E-state index in [2.05, 4.69) is 33.3 Å². The van der Waals surface area contributed by atoms with Gasteiger partial charge in [0.2, 0.25) is 0 Å². The fraction of sp³-hybridized carbons (Fsp3) is 0.583. The predicted octanol–water partition coefficient (Wildman–Crippen LogP) is 3.91. The molecule has 1 N–H and O–H groups in total. The monoisotopic (exact) mass is 569 g/mol. The lowest BCUT2D eigenvalue weighted by Crippen LogP contribution is -2.52. The van der Waals surface area contributed by atoms with Gasteiger partial charge in [0.15, 0.2) is 17.5 Å². The Bertz CT molecular complexity index is 863. The zero-order valence-electron chi connectivity index (χ0n) is 19.7. The van der Waals surface area contributed by atoms with Gasteiger partial charge in [-0.1, -0.05) is 11.2 Å². The number of guanidine groups is 1. The first-order chi connectivity index (χ1) is 15.7. The van der Waals surface area contributed by atoms with E-state index in [0.29, 0.717) is 12.6 Å². The van der Waals surface area contributed by atoms with E-state index in [-0.39, 0.29) is 24.0 Å². The number of methoxy groups -OCH3 is 1. The molecule has 9 heteroatoms. The van der Waals surface area contributed by atoms with Gasteiger partial charge in [-0.2, -0.15) is 0 Å². The van der Waals surface area contributed by atoms with Gasteiger partial charge >= 0.3 is 0 Å². The first-order valence-corrected chi connectivity index (χ1v) is 11.7. The maximum atomic E-state index is 6.16. The van der Waals surface area contributed by atoms with Crippen LogP contribution in [0.25, 0.3) is 0 Å². The van der Waals surface area contributed by atoms with Crippen molar-refractivity contribution < 1.29 is 14.0 Å². The van der Waals surface area contributed by atoms with E-state index in [9.17, 15) is 0 Å². The summed E-state index contributed by atoms with van der Waals surface area (Å²) in [6, 6.07) is 8.09. The number of nitrogens with one attached hydrogen (secondary N) is 1. The van der Waals surface area contributed by atoms with Crippen LogP contribution in [0.2, 0.25) is 0 Å². The minimum absolute atomic E-state index is 0. The minimum Gasteiger partial charge on any atom is -0.493 e. The quantitative estimate of drug-likeness (QED) is 0.294. The molecule has 1 saturated heterocycles. The lowest BCUT2D eigenvalue weighted by Gasteiger charge is -2.36. The van der Waals surface area contributed by atoms with E-state index in [4.69, 9.17) is 19.0 Å². The molecule has 0 bridgehead atoms. The summed E-state index contributed by atoms with van der Waals surface area (Å²) in [6.45, 7) is 8.18. The summed E-state index contributed by atoms with van der Waals surface area (Å²) in [5, 5.41) is 7.47. The van der Waals surface area contributed by atoms with Crippen molar-refractivity contribution in [1.29, 1.82) is 0 Å². The first-order valence-electron chi connectivity index (χ1n) is 11.7. The Morgan fingerprint density at radius 3 is 2.61 bits per heavy atom. The Morgan fingerprint density at radius 1 is 1.15 bits per heavy atom. The van der Waals surface area contributed by atoms with Crippen LogP contribution in [-0.2, 0) is 13.1 Å². The molecule has 2 fully saturated rings. The number of aliphatic imine (C=N–C) groups is 1. The number of piperazine rings is 1. The molecule has 0 unspecified atom stereocenters. The standard InChI is InChI=1S/C24H35N5O3.HI/c1-3-25-24(29-13-11-28(12-14-29)18-20-10-15-31-27-20)26-17-19-8-9-22(23(16-19)30-2)32-21-6-4-5-7-21;/h8-10,15-16,21H,3-7,11-14,17-18H2,1-2H3,(H,25,26);1H. The van der Waals surface area contributed by atoms with E-state index in [1.807, 2.05) is 18.2 Å². The second kappa shape index (κ2) is 13.0. The number of hydrogen-bond donors (Lipinski definition) is 1. The van der Waals surface area contributed by atoms with Crippen LogP contribution in [-0.4, -0.2) is 66.9 Å². The number of halogens is 1. The van der Waals surface area contributed by atoms with Crippen molar-refractivity contribution in [3.05, 3.63) is 41.8 Å². The van der Waals surface area contributed by atoms with Gasteiger partial charge in [-0.3, -0.25) is 4.90 Å². The third-order valence-electron chi connectivity index (χ3n) is 6.12. The normalized spacial score (nSPS) is 17.6. The number of aromatic nitrogens is 1. The second-order valence-corrected chi connectivity index (χ2v) is 8.43. The highest BCUT2D eigenvalue weighted by Gasteiger charge is 2.21. The van der Waals surface area contributed by atoms with Crippen LogP contribution in [0.15, 0.2) is 40.0 Å². The molecule has 1 aromatic carbocycles. The predicted molar refractivity (Wildman–Crippen MR) is 139 cm³/mol. The van der Waals surface area contributed by atoms with Crippen LogP contribution in [0.1, 0.15) is 43.9 Å². The summed E-state index contributed by atoms with van der Waals surface area (Å²) in [6.07, 6.45) is 6.71. The molecule has 1 aliphatic heterocycles. The van der Waals surface area contributed by atoms with Crippen molar-refractivity contribution >= 4 is 29.9 Å². The molecule has 0 spiro atoms. The smallest absolute Gasteiger partial charge is 0.194 e. The molecule has 8 nitrogen and oxygen atoms in total. The third-order valence-corrected chi connectivity index (χ3v) is 6.12. The van der Waals surface area contributed by atoms with Gasteiger partial charge in [0.25, 0.3) is 0 Å². The molecule has 33 heavy (non-hydrogen) atoms. The maximum Gasteiger partial charge on any atom is 0.194 e.